The van der Waals surface area contributed by atoms with E-state index in [4.69, 9.17) is 0 Å². The van der Waals surface area contributed by atoms with Crippen LogP contribution in [0.2, 0.25) is 0 Å². The Morgan fingerprint density at radius 3 is 1.79 bits per heavy atom. The van der Waals surface area contributed by atoms with Crippen molar-refractivity contribution < 1.29 is 13.2 Å². The molecular weight excluding hydrogens is 369 g/mol. The van der Waals surface area contributed by atoms with Crippen molar-refractivity contribution in [3.63, 3.8) is 0 Å². The summed E-state index contributed by atoms with van der Waals surface area (Å²) in [5, 5.41) is 0. The van der Waals surface area contributed by atoms with E-state index >= 15 is 0 Å². The van der Waals surface area contributed by atoms with E-state index in [1.54, 1.807) is 25.1 Å². The zero-order valence-electron chi connectivity index (χ0n) is 15.9. The minimum Gasteiger partial charge on any atom is -0.206 e. The van der Waals surface area contributed by atoms with Crippen LogP contribution in [-0.4, -0.2) is 0 Å². The molecule has 0 fully saturated rings. The molecule has 4 aromatic carbocycles. The Morgan fingerprint density at radius 2 is 1.14 bits per heavy atom. The van der Waals surface area contributed by atoms with E-state index in [1.165, 1.54) is 12.1 Å². The second-order valence-electron chi connectivity index (χ2n) is 6.89. The van der Waals surface area contributed by atoms with Gasteiger partial charge in [-0.05, 0) is 40.3 Å². The van der Waals surface area contributed by atoms with Crippen molar-refractivity contribution in [2.24, 2.45) is 0 Å². The Kier molecular flexibility index (Phi) is 5.22. The van der Waals surface area contributed by atoms with Crippen molar-refractivity contribution in [3.05, 3.63) is 108 Å². The van der Waals surface area contributed by atoms with Gasteiger partial charge in [0.25, 0.3) is 0 Å². The molecule has 0 amide bonds. The van der Waals surface area contributed by atoms with Gasteiger partial charge in [0.2, 0.25) is 0 Å². The Bertz CT molecular complexity index is 1150. The topological polar surface area (TPSA) is 0 Å². The van der Waals surface area contributed by atoms with Crippen LogP contribution < -0.4 is 0 Å². The fraction of sp³-hybridized carbons (Fsp3) is 0.0769. The predicted molar refractivity (Wildman–Crippen MR) is 112 cm³/mol. The molecule has 0 heterocycles. The summed E-state index contributed by atoms with van der Waals surface area (Å²) in [5.41, 5.74) is 3.95. The van der Waals surface area contributed by atoms with Crippen LogP contribution in [0.15, 0.2) is 84.9 Å². The molecule has 0 atom stereocenters. The number of hydrogen-bond acceptors (Lipinski definition) is 0. The highest BCUT2D eigenvalue weighted by Gasteiger charge is 2.15. The Morgan fingerprint density at radius 1 is 0.552 bits per heavy atom. The van der Waals surface area contributed by atoms with Gasteiger partial charge in [-0.1, -0.05) is 85.8 Å². The van der Waals surface area contributed by atoms with Gasteiger partial charge >= 0.3 is 0 Å². The predicted octanol–water partition coefficient (Wildman–Crippen LogP) is 7.67. The summed E-state index contributed by atoms with van der Waals surface area (Å²) in [4.78, 5) is 0. The summed E-state index contributed by atoms with van der Waals surface area (Å²) in [6.45, 7) is 1.76. The molecule has 0 nitrogen and oxygen atoms in total. The highest BCUT2D eigenvalue weighted by atomic mass is 19.2. The maximum Gasteiger partial charge on any atom is 0.166 e. The van der Waals surface area contributed by atoms with E-state index in [-0.39, 0.29) is 5.56 Å². The smallest absolute Gasteiger partial charge is 0.166 e. The number of halogens is 3. The third kappa shape index (κ3) is 3.68. The zero-order chi connectivity index (χ0) is 20.4. The third-order valence-corrected chi connectivity index (χ3v) is 5.13. The van der Waals surface area contributed by atoms with Crippen molar-refractivity contribution in [1.82, 2.24) is 0 Å². The first-order valence-electron chi connectivity index (χ1n) is 9.51. The Hall–Kier alpha value is -3.33. The van der Waals surface area contributed by atoms with Gasteiger partial charge in [0.1, 0.15) is 5.82 Å². The summed E-state index contributed by atoms with van der Waals surface area (Å²) in [6, 6.07) is 25.0. The number of hydrogen-bond donors (Lipinski definition) is 0. The SMILES string of the molecule is CCc1ccc(-c2ccc(-c3ccc(-c4ccccc4)cc3)c(F)c2)c(F)c1F. The molecule has 0 saturated heterocycles. The first-order chi connectivity index (χ1) is 14.1. The largest absolute Gasteiger partial charge is 0.206 e. The van der Waals surface area contributed by atoms with E-state index in [0.717, 1.165) is 16.7 Å². The van der Waals surface area contributed by atoms with E-state index in [2.05, 4.69) is 0 Å². The molecule has 0 aliphatic heterocycles. The molecule has 144 valence electrons. The van der Waals surface area contributed by atoms with Crippen LogP contribution in [0.25, 0.3) is 33.4 Å². The molecule has 4 rings (SSSR count). The van der Waals surface area contributed by atoms with Crippen LogP contribution in [0.1, 0.15) is 12.5 Å². The Balaban J connectivity index is 1.67. The fourth-order valence-corrected chi connectivity index (χ4v) is 3.48. The molecule has 0 saturated carbocycles. The van der Waals surface area contributed by atoms with Gasteiger partial charge in [0, 0.05) is 11.1 Å². The van der Waals surface area contributed by atoms with Gasteiger partial charge in [0.15, 0.2) is 11.6 Å². The second-order valence-corrected chi connectivity index (χ2v) is 6.89. The lowest BCUT2D eigenvalue weighted by atomic mass is 9.96. The molecule has 0 unspecified atom stereocenters. The van der Waals surface area contributed by atoms with Gasteiger partial charge in [-0.2, -0.15) is 0 Å². The van der Waals surface area contributed by atoms with Crippen LogP contribution >= 0.6 is 0 Å². The molecule has 0 bridgehead atoms. The summed E-state index contributed by atoms with van der Waals surface area (Å²) in [5.74, 6) is -2.29. The molecule has 0 aliphatic rings. The van der Waals surface area contributed by atoms with Gasteiger partial charge in [-0.3, -0.25) is 0 Å². The summed E-state index contributed by atoms with van der Waals surface area (Å²) in [7, 11) is 0. The lowest BCUT2D eigenvalue weighted by Crippen LogP contribution is -1.96. The average molecular weight is 388 g/mol. The molecular formula is C26H19F3. The van der Waals surface area contributed by atoms with E-state index in [1.807, 2.05) is 54.6 Å². The molecule has 0 aromatic heterocycles. The van der Waals surface area contributed by atoms with Gasteiger partial charge in [-0.15, -0.1) is 0 Å². The molecule has 0 spiro atoms. The van der Waals surface area contributed by atoms with Gasteiger partial charge in [-0.25, -0.2) is 13.2 Å². The van der Waals surface area contributed by atoms with Gasteiger partial charge in [0.05, 0.1) is 0 Å². The van der Waals surface area contributed by atoms with Crippen LogP contribution in [0.5, 0.6) is 0 Å². The highest BCUT2D eigenvalue weighted by Crippen LogP contribution is 2.32. The van der Waals surface area contributed by atoms with Crippen molar-refractivity contribution in [1.29, 1.82) is 0 Å². The second kappa shape index (κ2) is 7.96. The lowest BCUT2D eigenvalue weighted by Gasteiger charge is -2.10. The lowest BCUT2D eigenvalue weighted by molar-refractivity contribution is 0.502. The minimum atomic E-state index is -0.941. The standard InChI is InChI=1S/C26H19F3/c1-2-17-12-15-23(26(29)25(17)28)21-13-14-22(24(27)16-21)20-10-8-19(9-11-20)18-6-4-3-5-7-18/h3-16H,2H2,1H3. The van der Waals surface area contributed by atoms with E-state index in [0.29, 0.717) is 23.1 Å². The number of benzene rings is 4. The van der Waals surface area contributed by atoms with Crippen LogP contribution in [0.4, 0.5) is 13.2 Å². The third-order valence-electron chi connectivity index (χ3n) is 5.13. The van der Waals surface area contributed by atoms with Crippen molar-refractivity contribution in [2.75, 3.05) is 0 Å². The zero-order valence-corrected chi connectivity index (χ0v) is 15.9. The fourth-order valence-electron chi connectivity index (χ4n) is 3.48. The van der Waals surface area contributed by atoms with Gasteiger partial charge < -0.3 is 0 Å². The van der Waals surface area contributed by atoms with Crippen LogP contribution in [-0.2, 0) is 6.42 Å². The van der Waals surface area contributed by atoms with Crippen LogP contribution in [0.3, 0.4) is 0 Å². The molecule has 29 heavy (non-hydrogen) atoms. The molecule has 3 heteroatoms. The number of aryl methyl sites for hydroxylation is 1. The average Bonchev–Trinajstić information content (AvgIpc) is 2.76. The molecule has 0 aliphatic carbocycles. The molecule has 0 N–H and O–H groups in total. The first kappa shape index (κ1) is 19.0. The molecule has 4 aromatic rings. The summed E-state index contributed by atoms with van der Waals surface area (Å²) < 4.78 is 43.3. The van der Waals surface area contributed by atoms with E-state index < -0.39 is 17.5 Å². The summed E-state index contributed by atoms with van der Waals surface area (Å²) in [6.07, 6.45) is 0.398. The van der Waals surface area contributed by atoms with E-state index in [9.17, 15) is 13.2 Å². The van der Waals surface area contributed by atoms with Crippen molar-refractivity contribution >= 4 is 0 Å². The maximum absolute atomic E-state index is 14.8. The quantitative estimate of drug-likeness (QED) is 0.336. The number of rotatable bonds is 4. The summed E-state index contributed by atoms with van der Waals surface area (Å²) >= 11 is 0. The Labute approximate surface area is 168 Å². The normalized spacial score (nSPS) is 10.9. The van der Waals surface area contributed by atoms with Crippen LogP contribution in [0, 0.1) is 17.5 Å². The monoisotopic (exact) mass is 388 g/mol. The highest BCUT2D eigenvalue weighted by molar-refractivity contribution is 5.74. The van der Waals surface area contributed by atoms with Crippen molar-refractivity contribution in [2.45, 2.75) is 13.3 Å². The first-order valence-corrected chi connectivity index (χ1v) is 9.51. The minimum absolute atomic E-state index is 0.0598. The van der Waals surface area contributed by atoms with Crippen molar-refractivity contribution in [3.8, 4) is 33.4 Å². The molecule has 0 radical (unpaired) electrons. The maximum atomic E-state index is 14.8.